The second-order valence-electron chi connectivity index (χ2n) is 4.78. The third-order valence-electron chi connectivity index (χ3n) is 2.98. The number of hydrogen-bond acceptors (Lipinski definition) is 3. The van der Waals surface area contributed by atoms with Crippen molar-refractivity contribution in [3.8, 4) is 5.75 Å². The number of nitrogens with two attached hydrogens (primary N) is 1. The number of methoxy groups -OCH3 is 1. The summed E-state index contributed by atoms with van der Waals surface area (Å²) in [6, 6.07) is 7.21. The zero-order chi connectivity index (χ0) is 13.7. The minimum atomic E-state index is -0.454. The molecule has 0 aromatic heterocycles. The molecular formula is C14H22N2O2. The van der Waals surface area contributed by atoms with Crippen LogP contribution in [0.25, 0.3) is 0 Å². The minimum Gasteiger partial charge on any atom is -0.496 e. The normalized spacial score (nSPS) is 12.3. The molecule has 0 aliphatic rings. The highest BCUT2D eigenvalue weighted by Gasteiger charge is 2.21. The maximum Gasteiger partial charge on any atom is 0.239 e. The van der Waals surface area contributed by atoms with Crippen LogP contribution in [0, 0.1) is 5.92 Å². The molecule has 4 nitrogen and oxygen atoms in total. The molecule has 1 aromatic carbocycles. The number of para-hydroxylation sites is 1. The Morgan fingerprint density at radius 2 is 2.00 bits per heavy atom. The number of benzene rings is 1. The Kier molecular flexibility index (Phi) is 5.16. The van der Waals surface area contributed by atoms with Crippen molar-refractivity contribution < 1.29 is 9.53 Å². The van der Waals surface area contributed by atoms with Crippen LogP contribution in [0.15, 0.2) is 24.3 Å². The molecule has 0 heterocycles. The number of carbonyl (C=O) groups excluding carboxylic acids is 1. The Labute approximate surface area is 109 Å². The molecule has 100 valence electrons. The minimum absolute atomic E-state index is 0.0455. The van der Waals surface area contributed by atoms with Gasteiger partial charge in [0, 0.05) is 19.2 Å². The van der Waals surface area contributed by atoms with Crippen molar-refractivity contribution in [1.29, 1.82) is 0 Å². The van der Waals surface area contributed by atoms with Gasteiger partial charge in [-0.3, -0.25) is 4.79 Å². The SMILES string of the molecule is COc1ccccc1CN(C)C(=O)C(N)C(C)C. The molecule has 0 saturated carbocycles. The molecular weight excluding hydrogens is 228 g/mol. The summed E-state index contributed by atoms with van der Waals surface area (Å²) >= 11 is 0. The van der Waals surface area contributed by atoms with Gasteiger partial charge in [-0.05, 0) is 12.0 Å². The van der Waals surface area contributed by atoms with E-state index in [-0.39, 0.29) is 11.8 Å². The van der Waals surface area contributed by atoms with E-state index in [1.165, 1.54) is 0 Å². The van der Waals surface area contributed by atoms with E-state index < -0.39 is 6.04 Å². The first-order valence-corrected chi connectivity index (χ1v) is 6.09. The van der Waals surface area contributed by atoms with E-state index in [4.69, 9.17) is 10.5 Å². The van der Waals surface area contributed by atoms with Gasteiger partial charge in [0.05, 0.1) is 13.2 Å². The molecule has 1 rings (SSSR count). The zero-order valence-corrected chi connectivity index (χ0v) is 11.5. The number of likely N-dealkylation sites (N-methyl/N-ethyl adjacent to an activating group) is 1. The molecule has 2 N–H and O–H groups in total. The van der Waals surface area contributed by atoms with Gasteiger partial charge in [0.15, 0.2) is 0 Å². The number of rotatable bonds is 5. The van der Waals surface area contributed by atoms with E-state index in [1.807, 2.05) is 38.1 Å². The molecule has 0 spiro atoms. The molecule has 1 atom stereocenters. The van der Waals surface area contributed by atoms with Crippen LogP contribution in [-0.4, -0.2) is 31.0 Å². The topological polar surface area (TPSA) is 55.6 Å². The van der Waals surface area contributed by atoms with Crippen molar-refractivity contribution in [3.63, 3.8) is 0 Å². The summed E-state index contributed by atoms with van der Waals surface area (Å²) in [7, 11) is 3.39. The molecule has 1 amide bonds. The van der Waals surface area contributed by atoms with Gasteiger partial charge in [0.1, 0.15) is 5.75 Å². The van der Waals surface area contributed by atoms with Crippen LogP contribution in [0.2, 0.25) is 0 Å². The molecule has 0 aliphatic heterocycles. The average Bonchev–Trinajstić information content (AvgIpc) is 2.37. The average molecular weight is 250 g/mol. The van der Waals surface area contributed by atoms with Gasteiger partial charge in [0.2, 0.25) is 5.91 Å². The predicted molar refractivity (Wildman–Crippen MR) is 72.3 cm³/mol. The van der Waals surface area contributed by atoms with E-state index in [2.05, 4.69) is 0 Å². The first-order valence-electron chi connectivity index (χ1n) is 6.09. The Morgan fingerprint density at radius 3 is 2.56 bits per heavy atom. The van der Waals surface area contributed by atoms with Crippen molar-refractivity contribution in [3.05, 3.63) is 29.8 Å². The van der Waals surface area contributed by atoms with E-state index in [9.17, 15) is 4.79 Å². The van der Waals surface area contributed by atoms with Crippen LogP contribution < -0.4 is 10.5 Å². The van der Waals surface area contributed by atoms with Gasteiger partial charge in [-0.15, -0.1) is 0 Å². The molecule has 0 bridgehead atoms. The largest absolute Gasteiger partial charge is 0.496 e. The van der Waals surface area contributed by atoms with E-state index >= 15 is 0 Å². The van der Waals surface area contributed by atoms with E-state index in [1.54, 1.807) is 19.1 Å². The highest BCUT2D eigenvalue weighted by atomic mass is 16.5. The zero-order valence-electron chi connectivity index (χ0n) is 11.5. The van der Waals surface area contributed by atoms with Gasteiger partial charge >= 0.3 is 0 Å². The molecule has 1 aromatic rings. The fraction of sp³-hybridized carbons (Fsp3) is 0.500. The van der Waals surface area contributed by atoms with Crippen molar-refractivity contribution in [1.82, 2.24) is 4.90 Å². The summed E-state index contributed by atoms with van der Waals surface area (Å²) in [6.07, 6.45) is 0. The van der Waals surface area contributed by atoms with Crippen LogP contribution in [0.3, 0.4) is 0 Å². The monoisotopic (exact) mass is 250 g/mol. The van der Waals surface area contributed by atoms with Crippen LogP contribution in [-0.2, 0) is 11.3 Å². The van der Waals surface area contributed by atoms with Gasteiger partial charge in [-0.1, -0.05) is 32.0 Å². The number of carbonyl (C=O) groups is 1. The summed E-state index contributed by atoms with van der Waals surface area (Å²) in [6.45, 7) is 4.39. The lowest BCUT2D eigenvalue weighted by atomic mass is 10.0. The number of amides is 1. The smallest absolute Gasteiger partial charge is 0.239 e. The summed E-state index contributed by atoms with van der Waals surface area (Å²) in [5.41, 5.74) is 6.84. The number of hydrogen-bond donors (Lipinski definition) is 1. The summed E-state index contributed by atoms with van der Waals surface area (Å²) in [5.74, 6) is 0.879. The maximum absolute atomic E-state index is 12.0. The second kappa shape index (κ2) is 6.40. The Hall–Kier alpha value is -1.55. The molecule has 0 saturated heterocycles. The van der Waals surface area contributed by atoms with Gasteiger partial charge in [-0.25, -0.2) is 0 Å². The molecule has 0 radical (unpaired) electrons. The Morgan fingerprint density at radius 1 is 1.39 bits per heavy atom. The lowest BCUT2D eigenvalue weighted by Crippen LogP contribution is -2.44. The highest BCUT2D eigenvalue weighted by Crippen LogP contribution is 2.19. The summed E-state index contributed by atoms with van der Waals surface area (Å²) in [5, 5.41) is 0. The van der Waals surface area contributed by atoms with Crippen LogP contribution in [0.1, 0.15) is 19.4 Å². The van der Waals surface area contributed by atoms with Crippen LogP contribution in [0.4, 0.5) is 0 Å². The van der Waals surface area contributed by atoms with E-state index in [0.29, 0.717) is 6.54 Å². The number of nitrogens with zero attached hydrogens (tertiary/aromatic N) is 1. The maximum atomic E-state index is 12.0. The molecule has 0 aliphatic carbocycles. The van der Waals surface area contributed by atoms with Crippen molar-refractivity contribution >= 4 is 5.91 Å². The van der Waals surface area contributed by atoms with Gasteiger partial charge < -0.3 is 15.4 Å². The van der Waals surface area contributed by atoms with Gasteiger partial charge in [0.25, 0.3) is 0 Å². The van der Waals surface area contributed by atoms with Crippen LogP contribution in [0.5, 0.6) is 5.75 Å². The molecule has 0 fully saturated rings. The Bertz CT molecular complexity index is 405. The standard InChI is InChI=1S/C14H22N2O2/c1-10(2)13(15)14(17)16(3)9-11-7-5-6-8-12(11)18-4/h5-8,10,13H,9,15H2,1-4H3. The lowest BCUT2D eigenvalue weighted by Gasteiger charge is -2.24. The predicted octanol–water partition coefficient (Wildman–Crippen LogP) is 1.64. The third-order valence-corrected chi connectivity index (χ3v) is 2.98. The summed E-state index contributed by atoms with van der Waals surface area (Å²) in [4.78, 5) is 13.7. The van der Waals surface area contributed by atoms with Gasteiger partial charge in [-0.2, -0.15) is 0 Å². The first-order chi connectivity index (χ1) is 8.47. The third kappa shape index (κ3) is 3.47. The fourth-order valence-corrected chi connectivity index (χ4v) is 1.71. The Balaban J connectivity index is 2.75. The van der Waals surface area contributed by atoms with Crippen molar-refractivity contribution in [2.45, 2.75) is 26.4 Å². The first kappa shape index (κ1) is 14.5. The second-order valence-corrected chi connectivity index (χ2v) is 4.78. The number of ether oxygens (including phenoxy) is 1. The van der Waals surface area contributed by atoms with E-state index in [0.717, 1.165) is 11.3 Å². The van der Waals surface area contributed by atoms with Crippen LogP contribution >= 0.6 is 0 Å². The van der Waals surface area contributed by atoms with Crippen molar-refractivity contribution in [2.24, 2.45) is 11.7 Å². The highest BCUT2D eigenvalue weighted by molar-refractivity contribution is 5.81. The molecule has 1 unspecified atom stereocenters. The molecule has 18 heavy (non-hydrogen) atoms. The van der Waals surface area contributed by atoms with Crippen molar-refractivity contribution in [2.75, 3.05) is 14.2 Å². The molecule has 4 heteroatoms. The quantitative estimate of drug-likeness (QED) is 0.864. The fourth-order valence-electron chi connectivity index (χ4n) is 1.71. The lowest BCUT2D eigenvalue weighted by molar-refractivity contribution is -0.132. The summed E-state index contributed by atoms with van der Waals surface area (Å²) < 4.78 is 5.26.